The van der Waals surface area contributed by atoms with Crippen LogP contribution in [0.1, 0.15) is 12.8 Å². The summed E-state index contributed by atoms with van der Waals surface area (Å²) in [7, 11) is 3.07. The van der Waals surface area contributed by atoms with Crippen molar-refractivity contribution in [2.45, 2.75) is 18.4 Å². The number of pyridine rings is 1. The summed E-state index contributed by atoms with van der Waals surface area (Å²) < 4.78 is 45.7. The Balaban J connectivity index is 1.77. The molecule has 1 fully saturated rings. The fraction of sp³-hybridized carbons (Fsp3) is 0.286. The van der Waals surface area contributed by atoms with E-state index in [4.69, 9.17) is 14.2 Å². The van der Waals surface area contributed by atoms with Crippen molar-refractivity contribution in [3.63, 3.8) is 0 Å². The van der Waals surface area contributed by atoms with Crippen molar-refractivity contribution < 1.29 is 28.1 Å². The van der Waals surface area contributed by atoms with Crippen LogP contribution in [0.2, 0.25) is 0 Å². The number of fused-ring (bicyclic) bond motifs is 1. The number of nitrogens with one attached hydrogen (secondary N) is 1. The van der Waals surface area contributed by atoms with Gasteiger partial charge in [0.15, 0.2) is 28.9 Å². The molecule has 6 nitrogen and oxygen atoms in total. The number of benzene rings is 2. The molecule has 1 saturated carbocycles. The second-order valence-corrected chi connectivity index (χ2v) is 6.89. The van der Waals surface area contributed by atoms with Crippen molar-refractivity contribution in [3.8, 4) is 23.0 Å². The number of methoxy groups -OCH3 is 1. The number of aliphatic hydroxyl groups is 1. The SMILES string of the molecule is CNc1cc(F)c(Oc2ccnc3cc(OC)c(OC4(CO)CC4)cc23)c(F)c1. The smallest absolute Gasteiger partial charge is 0.198 e. The zero-order valence-corrected chi connectivity index (χ0v) is 16.0. The number of anilines is 1. The largest absolute Gasteiger partial charge is 0.493 e. The summed E-state index contributed by atoms with van der Waals surface area (Å²) in [4.78, 5) is 4.28. The lowest BCUT2D eigenvalue weighted by Gasteiger charge is -2.19. The molecular weight excluding hydrogens is 382 g/mol. The molecule has 0 unspecified atom stereocenters. The molecule has 1 aliphatic carbocycles. The maximum absolute atomic E-state index is 14.4. The van der Waals surface area contributed by atoms with Gasteiger partial charge in [0.1, 0.15) is 11.4 Å². The van der Waals surface area contributed by atoms with Crippen molar-refractivity contribution in [1.29, 1.82) is 0 Å². The predicted molar refractivity (Wildman–Crippen MR) is 104 cm³/mol. The molecule has 1 heterocycles. The number of nitrogens with zero attached hydrogens (tertiary/aromatic N) is 1. The lowest BCUT2D eigenvalue weighted by Crippen LogP contribution is -2.22. The summed E-state index contributed by atoms with van der Waals surface area (Å²) in [5.41, 5.74) is 0.185. The highest BCUT2D eigenvalue weighted by atomic mass is 19.1. The van der Waals surface area contributed by atoms with Gasteiger partial charge in [-0.1, -0.05) is 0 Å². The van der Waals surface area contributed by atoms with Crippen LogP contribution in [-0.4, -0.2) is 36.5 Å². The van der Waals surface area contributed by atoms with Gasteiger partial charge in [0, 0.05) is 42.5 Å². The highest BCUT2D eigenvalue weighted by Gasteiger charge is 2.45. The van der Waals surface area contributed by atoms with Crippen LogP contribution in [0.25, 0.3) is 10.9 Å². The van der Waals surface area contributed by atoms with E-state index in [0.29, 0.717) is 28.1 Å². The molecule has 1 aromatic heterocycles. The average molecular weight is 402 g/mol. The molecule has 29 heavy (non-hydrogen) atoms. The molecule has 0 atom stereocenters. The number of ether oxygens (including phenoxy) is 3. The van der Waals surface area contributed by atoms with Gasteiger partial charge in [-0.05, 0) is 25.0 Å². The summed E-state index contributed by atoms with van der Waals surface area (Å²) in [6.45, 7) is -0.112. The molecule has 3 aromatic rings. The second-order valence-electron chi connectivity index (χ2n) is 6.89. The summed E-state index contributed by atoms with van der Waals surface area (Å²) in [6, 6.07) is 7.11. The Labute approximate surface area is 166 Å². The first-order valence-corrected chi connectivity index (χ1v) is 9.10. The second kappa shape index (κ2) is 7.36. The molecule has 2 N–H and O–H groups in total. The molecule has 0 bridgehead atoms. The summed E-state index contributed by atoms with van der Waals surface area (Å²) in [6.07, 6.45) is 2.94. The van der Waals surface area contributed by atoms with Gasteiger partial charge >= 0.3 is 0 Å². The molecule has 1 aliphatic rings. The van der Waals surface area contributed by atoms with E-state index in [1.165, 1.54) is 19.4 Å². The molecule has 0 amide bonds. The third kappa shape index (κ3) is 3.63. The number of rotatable bonds is 7. The van der Waals surface area contributed by atoms with E-state index in [9.17, 15) is 13.9 Å². The molecule has 8 heteroatoms. The van der Waals surface area contributed by atoms with E-state index in [0.717, 1.165) is 25.0 Å². The number of halogens is 2. The Morgan fingerprint density at radius 3 is 2.41 bits per heavy atom. The molecule has 0 aliphatic heterocycles. The quantitative estimate of drug-likeness (QED) is 0.615. The van der Waals surface area contributed by atoms with Gasteiger partial charge in [-0.25, -0.2) is 8.78 Å². The van der Waals surface area contributed by atoms with Gasteiger partial charge in [0.2, 0.25) is 0 Å². The molecule has 4 rings (SSSR count). The van der Waals surface area contributed by atoms with E-state index < -0.39 is 23.0 Å². The molecular formula is C21H20F2N2O4. The van der Waals surface area contributed by atoms with Gasteiger partial charge in [-0.2, -0.15) is 0 Å². The zero-order chi connectivity index (χ0) is 20.6. The summed E-state index contributed by atoms with van der Waals surface area (Å²) in [5, 5.41) is 12.7. The van der Waals surface area contributed by atoms with E-state index in [-0.39, 0.29) is 12.4 Å². The minimum absolute atomic E-state index is 0.112. The highest BCUT2D eigenvalue weighted by molar-refractivity contribution is 5.88. The van der Waals surface area contributed by atoms with Crippen LogP contribution in [-0.2, 0) is 0 Å². The Bertz CT molecular complexity index is 1050. The van der Waals surface area contributed by atoms with Crippen molar-refractivity contribution in [3.05, 3.63) is 48.2 Å². The first-order chi connectivity index (χ1) is 14.0. The Morgan fingerprint density at radius 2 is 1.83 bits per heavy atom. The Hall–Kier alpha value is -3.13. The number of hydrogen-bond acceptors (Lipinski definition) is 6. The first kappa shape index (κ1) is 19.2. The molecule has 0 radical (unpaired) electrons. The van der Waals surface area contributed by atoms with E-state index in [1.54, 1.807) is 19.2 Å². The molecule has 0 spiro atoms. The van der Waals surface area contributed by atoms with Gasteiger partial charge in [-0.15, -0.1) is 0 Å². The van der Waals surface area contributed by atoms with Crippen LogP contribution in [0, 0.1) is 11.6 Å². The fourth-order valence-corrected chi connectivity index (χ4v) is 3.03. The van der Waals surface area contributed by atoms with E-state index in [1.807, 2.05) is 0 Å². The number of aliphatic hydroxyl groups excluding tert-OH is 1. The maximum Gasteiger partial charge on any atom is 0.198 e. The van der Waals surface area contributed by atoms with Gasteiger partial charge in [-0.3, -0.25) is 4.98 Å². The van der Waals surface area contributed by atoms with Gasteiger partial charge in [0.05, 0.1) is 19.2 Å². The number of aromatic nitrogens is 1. The lowest BCUT2D eigenvalue weighted by atomic mass is 10.1. The number of hydrogen-bond donors (Lipinski definition) is 2. The normalized spacial score (nSPS) is 14.5. The monoisotopic (exact) mass is 402 g/mol. The molecule has 0 saturated heterocycles. The minimum Gasteiger partial charge on any atom is -0.493 e. The van der Waals surface area contributed by atoms with Crippen LogP contribution in [0.5, 0.6) is 23.0 Å². The van der Waals surface area contributed by atoms with Crippen molar-refractivity contribution >= 4 is 16.6 Å². The summed E-state index contributed by atoms with van der Waals surface area (Å²) >= 11 is 0. The Morgan fingerprint density at radius 1 is 1.10 bits per heavy atom. The van der Waals surface area contributed by atoms with Crippen LogP contribution in [0.15, 0.2) is 36.5 Å². The van der Waals surface area contributed by atoms with Crippen molar-refractivity contribution in [2.24, 2.45) is 0 Å². The van der Waals surface area contributed by atoms with E-state index in [2.05, 4.69) is 10.3 Å². The lowest BCUT2D eigenvalue weighted by molar-refractivity contribution is 0.0925. The average Bonchev–Trinajstić information content (AvgIpc) is 3.50. The third-order valence-electron chi connectivity index (χ3n) is 4.91. The zero-order valence-electron chi connectivity index (χ0n) is 16.0. The third-order valence-corrected chi connectivity index (χ3v) is 4.91. The molecule has 2 aromatic carbocycles. The fourth-order valence-electron chi connectivity index (χ4n) is 3.03. The van der Waals surface area contributed by atoms with E-state index >= 15 is 0 Å². The van der Waals surface area contributed by atoms with Crippen molar-refractivity contribution in [1.82, 2.24) is 4.98 Å². The van der Waals surface area contributed by atoms with Crippen LogP contribution < -0.4 is 19.5 Å². The maximum atomic E-state index is 14.4. The van der Waals surface area contributed by atoms with Gasteiger partial charge < -0.3 is 24.6 Å². The topological polar surface area (TPSA) is 72.8 Å². The predicted octanol–water partition coefficient (Wildman–Crippen LogP) is 4.26. The Kier molecular flexibility index (Phi) is 4.87. The summed E-state index contributed by atoms with van der Waals surface area (Å²) in [5.74, 6) is -1.12. The van der Waals surface area contributed by atoms with Gasteiger partial charge in [0.25, 0.3) is 0 Å². The highest BCUT2D eigenvalue weighted by Crippen LogP contribution is 2.45. The first-order valence-electron chi connectivity index (χ1n) is 9.10. The molecule has 152 valence electrons. The van der Waals surface area contributed by atoms with Crippen LogP contribution in [0.4, 0.5) is 14.5 Å². The standard InChI is InChI=1S/C21H20F2N2O4/c1-24-12-7-14(22)20(15(23)8-12)28-17-3-6-25-16-10-18(27-2)19(9-13(16)17)29-21(11-26)4-5-21/h3,6-10,24,26H,4-5,11H2,1-2H3. The van der Waals surface area contributed by atoms with Crippen LogP contribution >= 0.6 is 0 Å². The minimum atomic E-state index is -0.832. The van der Waals surface area contributed by atoms with Crippen molar-refractivity contribution in [2.75, 3.05) is 26.1 Å². The van der Waals surface area contributed by atoms with Crippen LogP contribution in [0.3, 0.4) is 0 Å².